The van der Waals surface area contributed by atoms with Crippen molar-refractivity contribution in [1.82, 2.24) is 0 Å². The van der Waals surface area contributed by atoms with Gasteiger partial charge in [0.05, 0.1) is 5.41 Å². The molecule has 0 aliphatic heterocycles. The Morgan fingerprint density at radius 2 is 1.23 bits per heavy atom. The summed E-state index contributed by atoms with van der Waals surface area (Å²) in [4.78, 5) is 0. The molecule has 0 N–H and O–H groups in total. The van der Waals surface area contributed by atoms with Crippen LogP contribution in [-0.2, 0) is 16.2 Å². The Hall–Kier alpha value is -6.24. The molecule has 0 nitrogen and oxygen atoms in total. The second-order valence-corrected chi connectivity index (χ2v) is 20.3. The van der Waals surface area contributed by atoms with E-state index in [4.69, 9.17) is 0 Å². The Bertz CT molecular complexity index is 2940. The Morgan fingerprint density at radius 1 is 0.538 bits per heavy atom. The Balaban J connectivity index is 0.000000181. The van der Waals surface area contributed by atoms with Crippen LogP contribution in [0.1, 0.15) is 102 Å². The molecule has 0 bridgehead atoms. The SMILES string of the molecule is Cc1ccc(-c2ccc(-c3cccc(C4(C5=CCC(C)C=C5)c5ccccc5C5C=CC=CC54)c3)cc2C)c(C)c1.Cc1ccc2c(c1)C(C)(C)C1=CC=CCC12C.Cc1ccccc1. The van der Waals surface area contributed by atoms with E-state index in [1.165, 1.54) is 83.5 Å². The van der Waals surface area contributed by atoms with E-state index in [0.717, 1.165) is 12.8 Å². The van der Waals surface area contributed by atoms with E-state index < -0.39 is 0 Å². The molecule has 6 aromatic carbocycles. The number of aryl methyl sites for hydroxylation is 5. The van der Waals surface area contributed by atoms with Crippen LogP contribution in [0.5, 0.6) is 0 Å². The second-order valence-electron chi connectivity index (χ2n) is 20.3. The van der Waals surface area contributed by atoms with Gasteiger partial charge >= 0.3 is 0 Å². The van der Waals surface area contributed by atoms with Gasteiger partial charge in [0.1, 0.15) is 0 Å². The lowest BCUT2D eigenvalue weighted by molar-refractivity contribution is 0.451. The lowest BCUT2D eigenvalue weighted by Gasteiger charge is -2.40. The molecule has 0 heterocycles. The minimum absolute atomic E-state index is 0.181. The number of rotatable bonds is 4. The van der Waals surface area contributed by atoms with Gasteiger partial charge in [-0.2, -0.15) is 0 Å². The molecule has 6 aromatic rings. The van der Waals surface area contributed by atoms with Crippen LogP contribution >= 0.6 is 0 Å². The largest absolute Gasteiger partial charge is 0.0833 e. The molecule has 0 radical (unpaired) electrons. The van der Waals surface area contributed by atoms with Crippen molar-refractivity contribution in [2.24, 2.45) is 11.8 Å². The molecule has 0 heteroatoms. The summed E-state index contributed by atoms with van der Waals surface area (Å²) >= 11 is 0. The molecule has 5 aliphatic rings. The molecule has 0 saturated carbocycles. The van der Waals surface area contributed by atoms with Gasteiger partial charge in [-0.05, 0) is 132 Å². The van der Waals surface area contributed by atoms with Gasteiger partial charge < -0.3 is 0 Å². The normalized spacial score (nSPS) is 23.7. The number of allylic oxidation sites excluding steroid dienone is 12. The third-order valence-electron chi connectivity index (χ3n) is 15.3. The number of hydrogen-bond acceptors (Lipinski definition) is 0. The van der Waals surface area contributed by atoms with Gasteiger partial charge in [0, 0.05) is 22.7 Å². The molecule has 11 rings (SSSR count). The Labute approximate surface area is 390 Å². The van der Waals surface area contributed by atoms with Crippen molar-refractivity contribution in [2.45, 2.75) is 97.3 Å². The van der Waals surface area contributed by atoms with Gasteiger partial charge in [0.15, 0.2) is 0 Å². The van der Waals surface area contributed by atoms with Crippen LogP contribution in [0.2, 0.25) is 0 Å². The minimum Gasteiger partial charge on any atom is -0.0833 e. The van der Waals surface area contributed by atoms with Crippen molar-refractivity contribution in [3.05, 3.63) is 261 Å². The molecule has 5 atom stereocenters. The van der Waals surface area contributed by atoms with E-state index in [9.17, 15) is 0 Å². The second kappa shape index (κ2) is 17.6. The summed E-state index contributed by atoms with van der Waals surface area (Å²) < 4.78 is 0. The first-order valence-electron chi connectivity index (χ1n) is 24.0. The molecule has 0 amide bonds. The predicted molar refractivity (Wildman–Crippen MR) is 279 cm³/mol. The van der Waals surface area contributed by atoms with E-state index in [0.29, 0.717) is 17.8 Å². The molecule has 326 valence electrons. The van der Waals surface area contributed by atoms with Gasteiger partial charge in [-0.25, -0.2) is 0 Å². The highest BCUT2D eigenvalue weighted by Gasteiger charge is 2.53. The van der Waals surface area contributed by atoms with Crippen LogP contribution in [0.15, 0.2) is 205 Å². The van der Waals surface area contributed by atoms with E-state index >= 15 is 0 Å². The van der Waals surface area contributed by atoms with E-state index in [1.807, 2.05) is 18.2 Å². The van der Waals surface area contributed by atoms with Crippen molar-refractivity contribution in [3.8, 4) is 22.3 Å². The molecular weight excluding hydrogens is 781 g/mol. The molecule has 0 aromatic heterocycles. The van der Waals surface area contributed by atoms with Crippen LogP contribution in [-0.4, -0.2) is 0 Å². The zero-order chi connectivity index (χ0) is 45.5. The van der Waals surface area contributed by atoms with Gasteiger partial charge in [-0.3, -0.25) is 0 Å². The van der Waals surface area contributed by atoms with Gasteiger partial charge in [-0.1, -0.05) is 233 Å². The van der Waals surface area contributed by atoms with Crippen molar-refractivity contribution in [3.63, 3.8) is 0 Å². The van der Waals surface area contributed by atoms with Crippen LogP contribution in [0, 0.1) is 46.5 Å². The van der Waals surface area contributed by atoms with Gasteiger partial charge in [0.25, 0.3) is 0 Å². The maximum atomic E-state index is 2.52. The molecule has 5 aliphatic carbocycles. The van der Waals surface area contributed by atoms with Crippen LogP contribution in [0.3, 0.4) is 0 Å². The van der Waals surface area contributed by atoms with Gasteiger partial charge in [0.2, 0.25) is 0 Å². The molecule has 0 spiro atoms. The summed E-state index contributed by atoms with van der Waals surface area (Å²) in [5.41, 5.74) is 22.4. The summed E-state index contributed by atoms with van der Waals surface area (Å²) in [7, 11) is 0. The zero-order valence-electron chi connectivity index (χ0n) is 40.1. The first kappa shape index (κ1) is 44.0. The highest BCUT2D eigenvalue weighted by molar-refractivity contribution is 5.77. The summed E-state index contributed by atoms with van der Waals surface area (Å²) in [6, 6.07) is 49.6. The summed E-state index contributed by atoms with van der Waals surface area (Å²) in [6.07, 6.45) is 25.8. The van der Waals surface area contributed by atoms with Crippen LogP contribution in [0.4, 0.5) is 0 Å². The van der Waals surface area contributed by atoms with Crippen molar-refractivity contribution in [2.75, 3.05) is 0 Å². The molecule has 0 fully saturated rings. The highest BCUT2D eigenvalue weighted by Crippen LogP contribution is 2.61. The van der Waals surface area contributed by atoms with Crippen LogP contribution in [0.25, 0.3) is 22.3 Å². The van der Waals surface area contributed by atoms with Crippen molar-refractivity contribution in [1.29, 1.82) is 0 Å². The minimum atomic E-state index is -0.219. The molecule has 65 heavy (non-hydrogen) atoms. The first-order valence-corrected chi connectivity index (χ1v) is 24.0. The van der Waals surface area contributed by atoms with Crippen molar-refractivity contribution < 1.29 is 0 Å². The van der Waals surface area contributed by atoms with Gasteiger partial charge in [-0.15, -0.1) is 0 Å². The fraction of sp³-hybridized carbons (Fsp3) is 0.262. The molecule has 5 unspecified atom stereocenters. The van der Waals surface area contributed by atoms with E-state index in [-0.39, 0.29) is 16.2 Å². The fourth-order valence-electron chi connectivity index (χ4n) is 12.0. The number of benzene rings is 6. The third kappa shape index (κ3) is 7.90. The Kier molecular flexibility index (Phi) is 11.9. The van der Waals surface area contributed by atoms with Crippen LogP contribution < -0.4 is 0 Å². The van der Waals surface area contributed by atoms with Crippen molar-refractivity contribution >= 4 is 0 Å². The lowest BCUT2D eigenvalue weighted by atomic mass is 9.61. The maximum absolute atomic E-state index is 2.52. The predicted octanol–water partition coefficient (Wildman–Crippen LogP) is 17.0. The summed E-state index contributed by atoms with van der Waals surface area (Å²) in [6.45, 7) is 20.3. The topological polar surface area (TPSA) is 0 Å². The van der Waals surface area contributed by atoms with E-state index in [2.05, 4.69) is 238 Å². The third-order valence-corrected chi connectivity index (χ3v) is 15.3. The smallest absolute Gasteiger partial charge is 0.0522 e. The monoisotopic (exact) mass is 847 g/mol. The number of hydrogen-bond donors (Lipinski definition) is 0. The number of fused-ring (bicyclic) bond motifs is 6. The quantitative estimate of drug-likeness (QED) is 0.166. The fourth-order valence-corrected chi connectivity index (χ4v) is 12.0. The van der Waals surface area contributed by atoms with E-state index in [1.54, 1.807) is 5.57 Å². The average molecular weight is 847 g/mol. The standard InChI is InChI=1S/C41H38.C17H20.C7H8/c1-27-16-20-33(21-17-27)41(39-14-7-5-12-37(39)38-13-6-8-15-40(38)41)34-11-9-10-31(26-34)32-19-23-36(30(4)25-32)35-22-18-28(2)24-29(35)3;1-12-8-9-13-14(11-12)16(2,3)15-7-5-6-10-17(13,15)4;1-7-5-3-2-4-6-7/h5-16,18-27,37,39H,17H2,1-4H3;5-9,11H,10H2,1-4H3;2-6H,1H3. The summed E-state index contributed by atoms with van der Waals surface area (Å²) in [5, 5.41) is 0. The Morgan fingerprint density at radius 3 is 1.95 bits per heavy atom. The maximum Gasteiger partial charge on any atom is 0.0522 e. The highest BCUT2D eigenvalue weighted by atomic mass is 14.6. The average Bonchev–Trinajstić information content (AvgIpc) is 3.70. The zero-order valence-corrected chi connectivity index (χ0v) is 40.1. The molecular formula is C65H66. The summed E-state index contributed by atoms with van der Waals surface area (Å²) in [5.74, 6) is 1.31. The molecule has 0 saturated heterocycles. The first-order chi connectivity index (χ1) is 31.3. The lowest BCUT2D eigenvalue weighted by Crippen LogP contribution is -2.36.